The van der Waals surface area contributed by atoms with Crippen LogP contribution in [0.25, 0.3) is 0 Å². The van der Waals surface area contributed by atoms with Gasteiger partial charge in [-0.2, -0.15) is 13.2 Å². The number of benzene rings is 2. The van der Waals surface area contributed by atoms with Crippen molar-refractivity contribution in [1.29, 1.82) is 0 Å². The van der Waals surface area contributed by atoms with Gasteiger partial charge in [-0.3, -0.25) is 19.4 Å². The number of carbonyl (C=O) groups excluding carboxylic acids is 2. The first-order valence-electron chi connectivity index (χ1n) is 10.9. The molecule has 0 saturated heterocycles. The van der Waals surface area contributed by atoms with Gasteiger partial charge in [-0.25, -0.2) is 0 Å². The molecule has 1 unspecified atom stereocenters. The SMILES string of the molecule is CN(C)c1ccc(CN(CC(=O)N2c3ccccc3NC(=O)CC2C(F)(F)F)C2CC2)cc1. The Hall–Kier alpha value is -3.07. The van der Waals surface area contributed by atoms with Crippen molar-refractivity contribution in [3.63, 3.8) is 0 Å². The number of nitrogens with zero attached hydrogens (tertiary/aromatic N) is 3. The molecule has 0 aromatic heterocycles. The summed E-state index contributed by atoms with van der Waals surface area (Å²) in [5.74, 6) is -1.43. The van der Waals surface area contributed by atoms with E-state index in [2.05, 4.69) is 5.32 Å². The van der Waals surface area contributed by atoms with E-state index in [1.807, 2.05) is 48.2 Å². The zero-order valence-corrected chi connectivity index (χ0v) is 18.6. The van der Waals surface area contributed by atoms with E-state index >= 15 is 0 Å². The molecular formula is C24H27F3N4O2. The van der Waals surface area contributed by atoms with E-state index in [1.165, 1.54) is 12.1 Å². The number of para-hydroxylation sites is 2. The molecule has 0 spiro atoms. The van der Waals surface area contributed by atoms with Gasteiger partial charge in [-0.05, 0) is 42.7 Å². The molecule has 33 heavy (non-hydrogen) atoms. The van der Waals surface area contributed by atoms with Crippen molar-refractivity contribution in [2.75, 3.05) is 35.8 Å². The van der Waals surface area contributed by atoms with Crippen LogP contribution in [0, 0.1) is 0 Å². The standard InChI is InChI=1S/C24H27F3N4O2/c1-29(2)17-9-7-16(8-10-17)14-30(18-11-12-18)15-23(33)31-20-6-4-3-5-19(20)28-22(32)13-21(31)24(25,26)27/h3-10,18,21H,11-15H2,1-2H3,(H,28,32). The minimum atomic E-state index is -4.74. The molecule has 1 atom stereocenters. The van der Waals surface area contributed by atoms with Crippen molar-refractivity contribution < 1.29 is 22.8 Å². The fourth-order valence-corrected chi connectivity index (χ4v) is 4.13. The number of amides is 2. The molecule has 2 aromatic carbocycles. The quantitative estimate of drug-likeness (QED) is 0.708. The van der Waals surface area contributed by atoms with Crippen LogP contribution in [0.5, 0.6) is 0 Å². The van der Waals surface area contributed by atoms with Gasteiger partial charge in [-0.1, -0.05) is 24.3 Å². The van der Waals surface area contributed by atoms with E-state index in [9.17, 15) is 22.8 Å². The second kappa shape index (κ2) is 9.05. The second-order valence-corrected chi connectivity index (χ2v) is 8.79. The number of rotatable bonds is 6. The molecule has 4 rings (SSSR count). The van der Waals surface area contributed by atoms with Gasteiger partial charge in [0, 0.05) is 32.4 Å². The number of nitrogens with one attached hydrogen (secondary N) is 1. The monoisotopic (exact) mass is 460 g/mol. The number of hydrogen-bond acceptors (Lipinski definition) is 4. The maximum Gasteiger partial charge on any atom is 0.409 e. The normalized spacial score (nSPS) is 18.5. The van der Waals surface area contributed by atoms with Gasteiger partial charge < -0.3 is 10.2 Å². The van der Waals surface area contributed by atoms with Crippen molar-refractivity contribution in [3.8, 4) is 0 Å². The van der Waals surface area contributed by atoms with Gasteiger partial charge in [-0.15, -0.1) is 0 Å². The minimum absolute atomic E-state index is 0.0711. The molecule has 1 aliphatic heterocycles. The van der Waals surface area contributed by atoms with Crippen LogP contribution in [0.2, 0.25) is 0 Å². The van der Waals surface area contributed by atoms with Crippen molar-refractivity contribution in [3.05, 3.63) is 54.1 Å². The summed E-state index contributed by atoms with van der Waals surface area (Å²) in [6, 6.07) is 12.0. The average Bonchev–Trinajstić information content (AvgIpc) is 3.59. The first-order valence-corrected chi connectivity index (χ1v) is 10.9. The first-order chi connectivity index (χ1) is 15.6. The first kappa shape index (κ1) is 23.1. The number of halogens is 3. The average molecular weight is 461 g/mol. The van der Waals surface area contributed by atoms with E-state index in [0.717, 1.165) is 29.0 Å². The summed E-state index contributed by atoms with van der Waals surface area (Å²) in [6.45, 7) is 0.308. The molecule has 1 saturated carbocycles. The molecule has 1 fully saturated rings. The van der Waals surface area contributed by atoms with Gasteiger partial charge in [0.2, 0.25) is 11.8 Å². The molecule has 6 nitrogen and oxygen atoms in total. The smallest absolute Gasteiger partial charge is 0.378 e. The molecule has 2 amide bonds. The van der Waals surface area contributed by atoms with E-state index in [0.29, 0.717) is 6.54 Å². The Balaban J connectivity index is 1.60. The molecule has 1 N–H and O–H groups in total. The van der Waals surface area contributed by atoms with Crippen molar-refractivity contribution in [1.82, 2.24) is 4.90 Å². The predicted octanol–water partition coefficient (Wildman–Crippen LogP) is 4.02. The van der Waals surface area contributed by atoms with Crippen molar-refractivity contribution >= 4 is 28.9 Å². The Morgan fingerprint density at radius 1 is 1.09 bits per heavy atom. The zero-order chi connectivity index (χ0) is 23.8. The highest BCUT2D eigenvalue weighted by atomic mass is 19.4. The van der Waals surface area contributed by atoms with Crippen LogP contribution in [-0.4, -0.2) is 55.6 Å². The molecule has 176 valence electrons. The summed E-state index contributed by atoms with van der Waals surface area (Å²) in [6.07, 6.45) is -3.76. The summed E-state index contributed by atoms with van der Waals surface area (Å²) in [5, 5.41) is 2.50. The van der Waals surface area contributed by atoms with E-state index in [1.54, 1.807) is 12.1 Å². The third-order valence-electron chi connectivity index (χ3n) is 6.01. The highest BCUT2D eigenvalue weighted by Crippen LogP contribution is 2.38. The maximum atomic E-state index is 14.0. The van der Waals surface area contributed by atoms with Gasteiger partial charge in [0.05, 0.1) is 24.3 Å². The predicted molar refractivity (Wildman–Crippen MR) is 121 cm³/mol. The maximum absolute atomic E-state index is 14.0. The summed E-state index contributed by atoms with van der Waals surface area (Å²) in [7, 11) is 3.89. The van der Waals surface area contributed by atoms with Crippen LogP contribution in [-0.2, 0) is 16.1 Å². The molecule has 1 heterocycles. The summed E-state index contributed by atoms with van der Waals surface area (Å²) in [4.78, 5) is 30.2. The third kappa shape index (κ3) is 5.30. The lowest BCUT2D eigenvalue weighted by atomic mass is 10.1. The number of carbonyl (C=O) groups is 2. The molecule has 1 aliphatic carbocycles. The van der Waals surface area contributed by atoms with Gasteiger partial charge in [0.15, 0.2) is 0 Å². The second-order valence-electron chi connectivity index (χ2n) is 8.79. The van der Waals surface area contributed by atoms with Crippen LogP contribution >= 0.6 is 0 Å². The fourth-order valence-electron chi connectivity index (χ4n) is 4.13. The Bertz CT molecular complexity index is 1020. The van der Waals surface area contributed by atoms with Crippen LogP contribution in [0.3, 0.4) is 0 Å². The molecule has 2 aliphatic rings. The lowest BCUT2D eigenvalue weighted by molar-refractivity contribution is -0.158. The van der Waals surface area contributed by atoms with E-state index < -0.39 is 30.5 Å². The van der Waals surface area contributed by atoms with E-state index in [-0.39, 0.29) is 24.0 Å². The highest BCUT2D eigenvalue weighted by molar-refractivity contribution is 6.05. The van der Waals surface area contributed by atoms with Gasteiger partial charge in [0.1, 0.15) is 6.04 Å². The molecule has 0 radical (unpaired) electrons. The zero-order valence-electron chi connectivity index (χ0n) is 18.6. The Labute approximate surface area is 191 Å². The highest BCUT2D eigenvalue weighted by Gasteiger charge is 2.49. The van der Waals surface area contributed by atoms with E-state index in [4.69, 9.17) is 0 Å². The summed E-state index contributed by atoms with van der Waals surface area (Å²) < 4.78 is 41.9. The van der Waals surface area contributed by atoms with Crippen molar-refractivity contribution in [2.45, 2.75) is 44.1 Å². The lowest BCUT2D eigenvalue weighted by Gasteiger charge is -2.33. The Kier molecular flexibility index (Phi) is 6.34. The van der Waals surface area contributed by atoms with Crippen molar-refractivity contribution in [2.24, 2.45) is 0 Å². The Morgan fingerprint density at radius 2 is 1.76 bits per heavy atom. The Morgan fingerprint density at radius 3 is 2.36 bits per heavy atom. The number of anilines is 3. The molecular weight excluding hydrogens is 433 g/mol. The number of alkyl halides is 3. The molecule has 9 heteroatoms. The minimum Gasteiger partial charge on any atom is -0.378 e. The summed E-state index contributed by atoms with van der Waals surface area (Å²) in [5.41, 5.74) is 2.31. The molecule has 0 bridgehead atoms. The fraction of sp³-hybridized carbons (Fsp3) is 0.417. The number of fused-ring (bicyclic) bond motifs is 1. The number of hydrogen-bond donors (Lipinski definition) is 1. The lowest BCUT2D eigenvalue weighted by Crippen LogP contribution is -2.52. The summed E-state index contributed by atoms with van der Waals surface area (Å²) >= 11 is 0. The van der Waals surface area contributed by atoms with Gasteiger partial charge >= 0.3 is 6.18 Å². The van der Waals surface area contributed by atoms with Crippen LogP contribution in [0.1, 0.15) is 24.8 Å². The largest absolute Gasteiger partial charge is 0.409 e. The topological polar surface area (TPSA) is 55.9 Å². The van der Waals surface area contributed by atoms with Crippen LogP contribution < -0.4 is 15.1 Å². The molecule has 2 aromatic rings. The third-order valence-corrected chi connectivity index (χ3v) is 6.01. The van der Waals surface area contributed by atoms with Crippen LogP contribution in [0.15, 0.2) is 48.5 Å². The van der Waals surface area contributed by atoms with Gasteiger partial charge in [0.25, 0.3) is 0 Å². The van der Waals surface area contributed by atoms with Crippen LogP contribution in [0.4, 0.5) is 30.2 Å².